The van der Waals surface area contributed by atoms with E-state index in [0.717, 1.165) is 18.0 Å². The first-order chi connectivity index (χ1) is 8.43. The van der Waals surface area contributed by atoms with Gasteiger partial charge in [0.2, 0.25) is 0 Å². The van der Waals surface area contributed by atoms with Gasteiger partial charge < -0.3 is 5.32 Å². The van der Waals surface area contributed by atoms with Crippen LogP contribution in [0.3, 0.4) is 0 Å². The molecular weight excluding hydrogens is 220 g/mol. The van der Waals surface area contributed by atoms with Gasteiger partial charge in [0.05, 0.1) is 0 Å². The van der Waals surface area contributed by atoms with E-state index in [0.29, 0.717) is 11.5 Å². The largest absolute Gasteiger partial charge is 0.311 e. The van der Waals surface area contributed by atoms with Crippen molar-refractivity contribution in [2.24, 2.45) is 11.3 Å². The highest BCUT2D eigenvalue weighted by Gasteiger charge is 2.39. The van der Waals surface area contributed by atoms with Crippen molar-refractivity contribution in [2.45, 2.75) is 78.4 Å². The lowest BCUT2D eigenvalue weighted by Gasteiger charge is -2.48. The Labute approximate surface area is 114 Å². The fraction of sp³-hybridized carbons (Fsp3) is 1.00. The summed E-state index contributed by atoms with van der Waals surface area (Å²) in [4.78, 5) is 2.85. The smallest absolute Gasteiger partial charge is 0.0244 e. The molecule has 106 valence electrons. The van der Waals surface area contributed by atoms with E-state index < -0.39 is 0 Å². The minimum absolute atomic E-state index is 0.374. The predicted octanol–water partition coefficient (Wildman–Crippen LogP) is 3.27. The molecule has 1 saturated heterocycles. The second-order valence-electron chi connectivity index (χ2n) is 7.56. The summed E-state index contributed by atoms with van der Waals surface area (Å²) in [5, 5.41) is 3.79. The van der Waals surface area contributed by atoms with Crippen molar-refractivity contribution in [1.29, 1.82) is 0 Å². The SMILES string of the molecule is CCC1CNC(C(C)(C)C)CN1C1CCCC1C. The summed E-state index contributed by atoms with van der Waals surface area (Å²) in [6.07, 6.45) is 5.58. The van der Waals surface area contributed by atoms with Crippen LogP contribution in [0.25, 0.3) is 0 Å². The third-order valence-electron chi connectivity index (χ3n) is 5.22. The summed E-state index contributed by atoms with van der Waals surface area (Å²) in [7, 11) is 0. The Morgan fingerprint density at radius 3 is 2.44 bits per heavy atom. The van der Waals surface area contributed by atoms with Crippen molar-refractivity contribution < 1.29 is 0 Å². The number of nitrogens with one attached hydrogen (secondary N) is 1. The number of hydrogen-bond donors (Lipinski definition) is 1. The summed E-state index contributed by atoms with van der Waals surface area (Å²) in [5.41, 5.74) is 0.374. The van der Waals surface area contributed by atoms with Crippen LogP contribution in [-0.4, -0.2) is 36.1 Å². The van der Waals surface area contributed by atoms with Crippen molar-refractivity contribution in [3.05, 3.63) is 0 Å². The second-order valence-corrected chi connectivity index (χ2v) is 7.56. The molecule has 4 unspecified atom stereocenters. The van der Waals surface area contributed by atoms with Gasteiger partial charge in [-0.05, 0) is 30.6 Å². The predicted molar refractivity (Wildman–Crippen MR) is 78.8 cm³/mol. The van der Waals surface area contributed by atoms with Crippen molar-refractivity contribution in [1.82, 2.24) is 10.2 Å². The van der Waals surface area contributed by atoms with Crippen molar-refractivity contribution in [2.75, 3.05) is 13.1 Å². The zero-order valence-corrected chi connectivity index (χ0v) is 13.0. The molecule has 1 saturated carbocycles. The molecule has 0 aromatic carbocycles. The highest BCUT2D eigenvalue weighted by atomic mass is 15.3. The van der Waals surface area contributed by atoms with Crippen LogP contribution >= 0.6 is 0 Å². The molecule has 0 amide bonds. The van der Waals surface area contributed by atoms with E-state index >= 15 is 0 Å². The maximum Gasteiger partial charge on any atom is 0.0244 e. The van der Waals surface area contributed by atoms with Crippen LogP contribution in [0, 0.1) is 11.3 Å². The van der Waals surface area contributed by atoms with E-state index in [1.54, 1.807) is 0 Å². The molecule has 2 fully saturated rings. The number of piperazine rings is 1. The molecule has 18 heavy (non-hydrogen) atoms. The van der Waals surface area contributed by atoms with Crippen molar-refractivity contribution in [3.63, 3.8) is 0 Å². The first-order valence-corrected chi connectivity index (χ1v) is 7.92. The van der Waals surface area contributed by atoms with Gasteiger partial charge in [0.1, 0.15) is 0 Å². The summed E-state index contributed by atoms with van der Waals surface area (Å²) >= 11 is 0. The van der Waals surface area contributed by atoms with Crippen LogP contribution in [0.5, 0.6) is 0 Å². The Kier molecular flexibility index (Phi) is 4.38. The summed E-state index contributed by atoms with van der Waals surface area (Å²) < 4.78 is 0. The van der Waals surface area contributed by atoms with Crippen LogP contribution in [0.1, 0.15) is 60.3 Å². The molecule has 4 atom stereocenters. The van der Waals surface area contributed by atoms with Gasteiger partial charge in [-0.3, -0.25) is 4.90 Å². The van der Waals surface area contributed by atoms with E-state index in [4.69, 9.17) is 0 Å². The molecule has 1 aliphatic carbocycles. The maximum absolute atomic E-state index is 3.79. The van der Waals surface area contributed by atoms with Crippen LogP contribution < -0.4 is 5.32 Å². The minimum atomic E-state index is 0.374. The fourth-order valence-corrected chi connectivity index (χ4v) is 3.80. The Morgan fingerprint density at radius 2 is 1.94 bits per heavy atom. The summed E-state index contributed by atoms with van der Waals surface area (Å²) in [6, 6.07) is 2.25. The van der Waals surface area contributed by atoms with Gasteiger partial charge in [0.25, 0.3) is 0 Å². The fourth-order valence-electron chi connectivity index (χ4n) is 3.80. The van der Waals surface area contributed by atoms with Crippen molar-refractivity contribution >= 4 is 0 Å². The van der Waals surface area contributed by atoms with Crippen molar-refractivity contribution in [3.8, 4) is 0 Å². The number of nitrogens with zero attached hydrogens (tertiary/aromatic N) is 1. The highest BCUT2D eigenvalue weighted by molar-refractivity contribution is 4.96. The molecule has 1 heterocycles. The lowest BCUT2D eigenvalue weighted by Crippen LogP contribution is -2.62. The molecule has 0 aromatic rings. The average Bonchev–Trinajstić information content (AvgIpc) is 2.73. The van der Waals surface area contributed by atoms with Gasteiger partial charge in [-0.15, -0.1) is 0 Å². The van der Waals surface area contributed by atoms with E-state index in [1.807, 2.05) is 0 Å². The molecule has 2 nitrogen and oxygen atoms in total. The number of hydrogen-bond acceptors (Lipinski definition) is 2. The number of rotatable bonds is 2. The van der Waals surface area contributed by atoms with E-state index in [-0.39, 0.29) is 0 Å². The molecule has 2 rings (SSSR count). The highest BCUT2D eigenvalue weighted by Crippen LogP contribution is 2.34. The third kappa shape index (κ3) is 2.91. The van der Waals surface area contributed by atoms with Crippen LogP contribution in [0.4, 0.5) is 0 Å². The van der Waals surface area contributed by atoms with Gasteiger partial charge in [0.15, 0.2) is 0 Å². The van der Waals surface area contributed by atoms with E-state index in [1.165, 1.54) is 38.8 Å². The monoisotopic (exact) mass is 252 g/mol. The third-order valence-corrected chi connectivity index (χ3v) is 5.22. The lowest BCUT2D eigenvalue weighted by atomic mass is 9.83. The van der Waals surface area contributed by atoms with Gasteiger partial charge in [-0.25, -0.2) is 0 Å². The van der Waals surface area contributed by atoms with Gasteiger partial charge in [0, 0.05) is 31.2 Å². The molecule has 0 aromatic heterocycles. The summed E-state index contributed by atoms with van der Waals surface area (Å²) in [6.45, 7) is 14.3. The molecule has 2 aliphatic rings. The zero-order valence-electron chi connectivity index (χ0n) is 13.0. The Bertz CT molecular complexity index is 269. The zero-order chi connectivity index (χ0) is 13.3. The molecule has 0 radical (unpaired) electrons. The Morgan fingerprint density at radius 1 is 1.22 bits per heavy atom. The molecule has 0 bridgehead atoms. The Balaban J connectivity index is 2.08. The quantitative estimate of drug-likeness (QED) is 0.811. The average molecular weight is 252 g/mol. The lowest BCUT2D eigenvalue weighted by molar-refractivity contribution is 0.0360. The molecule has 1 N–H and O–H groups in total. The normalized spacial score (nSPS) is 39.2. The first-order valence-electron chi connectivity index (χ1n) is 7.92. The standard InChI is InChI=1S/C16H32N2/c1-6-13-10-17-15(16(3,4)5)11-18(13)14-9-7-8-12(14)2/h12-15,17H,6-11H2,1-5H3. The van der Waals surface area contributed by atoms with Gasteiger partial charge in [-0.1, -0.05) is 41.0 Å². The van der Waals surface area contributed by atoms with Crippen LogP contribution in [0.2, 0.25) is 0 Å². The topological polar surface area (TPSA) is 15.3 Å². The molecular formula is C16H32N2. The Hall–Kier alpha value is -0.0800. The van der Waals surface area contributed by atoms with Gasteiger partial charge >= 0.3 is 0 Å². The second kappa shape index (κ2) is 5.50. The molecule has 2 heteroatoms. The van der Waals surface area contributed by atoms with E-state index in [9.17, 15) is 0 Å². The molecule has 1 aliphatic heterocycles. The molecule has 0 spiro atoms. The first kappa shape index (κ1) is 14.3. The van der Waals surface area contributed by atoms with Crippen LogP contribution in [-0.2, 0) is 0 Å². The maximum atomic E-state index is 3.79. The van der Waals surface area contributed by atoms with Crippen LogP contribution in [0.15, 0.2) is 0 Å². The summed E-state index contributed by atoms with van der Waals surface area (Å²) in [5.74, 6) is 0.901. The van der Waals surface area contributed by atoms with E-state index in [2.05, 4.69) is 44.8 Å². The van der Waals surface area contributed by atoms with Gasteiger partial charge in [-0.2, -0.15) is 0 Å². The minimum Gasteiger partial charge on any atom is -0.311 e.